The van der Waals surface area contributed by atoms with E-state index in [1.807, 2.05) is 35.0 Å². The summed E-state index contributed by atoms with van der Waals surface area (Å²) in [4.78, 5) is 15.0. The molecule has 98 valence electrons. The van der Waals surface area contributed by atoms with Gasteiger partial charge in [0.25, 0.3) is 0 Å². The van der Waals surface area contributed by atoms with Crippen LogP contribution < -0.4 is 5.43 Å². The predicted molar refractivity (Wildman–Crippen MR) is 74.7 cm³/mol. The number of amides is 1. The van der Waals surface area contributed by atoms with Gasteiger partial charge < -0.3 is 4.57 Å². The molecule has 1 aromatic heterocycles. The van der Waals surface area contributed by atoms with Crippen molar-refractivity contribution in [2.24, 2.45) is 5.10 Å². The molecule has 0 atom stereocenters. The van der Waals surface area contributed by atoms with Crippen LogP contribution in [0.1, 0.15) is 18.4 Å². The lowest BCUT2D eigenvalue weighted by Gasteiger charge is -2.12. The van der Waals surface area contributed by atoms with E-state index in [1.54, 1.807) is 12.5 Å². The van der Waals surface area contributed by atoms with Crippen molar-refractivity contribution in [1.82, 2.24) is 15.0 Å². The Balaban J connectivity index is 0.00000133. The Kier molecular flexibility index (Phi) is 3.97. The molecule has 1 amide bonds. The van der Waals surface area contributed by atoms with E-state index in [4.69, 9.17) is 0 Å². The largest absolute Gasteiger partial charge is 0.306 e. The van der Waals surface area contributed by atoms with Crippen molar-refractivity contribution in [1.29, 1.82) is 0 Å². The van der Waals surface area contributed by atoms with Gasteiger partial charge in [-0.1, -0.05) is 12.1 Å². The number of carbonyl (C=O) groups excluding carboxylic acids is 1. The zero-order valence-electron chi connectivity index (χ0n) is 10.1. The number of rotatable bonds is 2. The molecular formula is C13H13ClN4O. The van der Waals surface area contributed by atoms with E-state index in [2.05, 4.69) is 15.5 Å². The minimum atomic E-state index is -0.0196. The summed E-state index contributed by atoms with van der Waals surface area (Å²) in [6, 6.07) is 8.03. The van der Waals surface area contributed by atoms with E-state index in [0.717, 1.165) is 17.0 Å². The second-order valence-corrected chi connectivity index (χ2v) is 4.11. The molecule has 3 rings (SSSR count). The molecule has 0 saturated heterocycles. The number of aromatic nitrogens is 2. The third kappa shape index (κ3) is 2.82. The van der Waals surface area contributed by atoms with Crippen LogP contribution in [0, 0.1) is 0 Å². The molecule has 0 aliphatic carbocycles. The summed E-state index contributed by atoms with van der Waals surface area (Å²) in [5, 5.41) is 4.07. The first-order chi connectivity index (χ1) is 8.83. The van der Waals surface area contributed by atoms with Crippen LogP contribution in [0.2, 0.25) is 0 Å². The van der Waals surface area contributed by atoms with Crippen LogP contribution in [0.4, 0.5) is 0 Å². The van der Waals surface area contributed by atoms with Crippen LogP contribution >= 0.6 is 12.4 Å². The molecule has 0 saturated carbocycles. The average molecular weight is 277 g/mol. The van der Waals surface area contributed by atoms with Gasteiger partial charge in [0.1, 0.15) is 0 Å². The maximum Gasteiger partial charge on any atom is 0.240 e. The number of benzene rings is 1. The minimum Gasteiger partial charge on any atom is -0.306 e. The van der Waals surface area contributed by atoms with Crippen LogP contribution in [0.3, 0.4) is 0 Å². The standard InChI is InChI=1S/C13H12N4O.ClH/c18-13-6-5-12(15-16-13)10-1-3-11(4-2-10)17-8-7-14-9-17;/h1-4,7-9H,5-6H2,(H,16,18);1H. The van der Waals surface area contributed by atoms with Gasteiger partial charge in [-0.05, 0) is 17.7 Å². The second kappa shape index (κ2) is 5.67. The number of imidazole rings is 1. The third-order valence-electron chi connectivity index (χ3n) is 2.91. The van der Waals surface area contributed by atoms with Crippen molar-refractivity contribution in [3.05, 3.63) is 48.5 Å². The summed E-state index contributed by atoms with van der Waals surface area (Å²) in [6.07, 6.45) is 6.59. The summed E-state index contributed by atoms with van der Waals surface area (Å²) in [6.45, 7) is 0. The average Bonchev–Trinajstić information content (AvgIpc) is 2.94. The van der Waals surface area contributed by atoms with E-state index in [-0.39, 0.29) is 18.3 Å². The normalized spacial score (nSPS) is 14.3. The zero-order valence-corrected chi connectivity index (χ0v) is 10.9. The van der Waals surface area contributed by atoms with E-state index in [9.17, 15) is 4.79 Å². The molecule has 0 radical (unpaired) electrons. The Morgan fingerprint density at radius 2 is 1.95 bits per heavy atom. The van der Waals surface area contributed by atoms with Gasteiger partial charge in [-0.25, -0.2) is 10.4 Å². The van der Waals surface area contributed by atoms with E-state index < -0.39 is 0 Å². The number of hydrogen-bond donors (Lipinski definition) is 1. The fourth-order valence-corrected chi connectivity index (χ4v) is 1.92. The minimum absolute atomic E-state index is 0. The fraction of sp³-hybridized carbons (Fsp3) is 0.154. The van der Waals surface area contributed by atoms with Gasteiger partial charge in [-0.2, -0.15) is 5.10 Å². The first-order valence-corrected chi connectivity index (χ1v) is 5.77. The topological polar surface area (TPSA) is 59.3 Å². The van der Waals surface area contributed by atoms with E-state index in [0.29, 0.717) is 12.8 Å². The first kappa shape index (κ1) is 13.3. The molecule has 0 spiro atoms. The quantitative estimate of drug-likeness (QED) is 0.911. The maximum atomic E-state index is 11.0. The SMILES string of the molecule is Cl.O=C1CCC(c2ccc(-n3ccnc3)cc2)=NN1. The summed E-state index contributed by atoms with van der Waals surface area (Å²) < 4.78 is 1.94. The van der Waals surface area contributed by atoms with Crippen LogP contribution in [-0.4, -0.2) is 21.2 Å². The van der Waals surface area contributed by atoms with Gasteiger partial charge in [-0.3, -0.25) is 4.79 Å². The van der Waals surface area contributed by atoms with Crippen molar-refractivity contribution in [3.8, 4) is 5.69 Å². The molecule has 1 aromatic carbocycles. The van der Waals surface area contributed by atoms with Crippen molar-refractivity contribution >= 4 is 24.0 Å². The highest BCUT2D eigenvalue weighted by molar-refractivity contribution is 6.04. The number of hydrazone groups is 1. The van der Waals surface area contributed by atoms with Crippen LogP contribution in [0.5, 0.6) is 0 Å². The van der Waals surface area contributed by atoms with Gasteiger partial charge in [0, 0.05) is 30.9 Å². The summed E-state index contributed by atoms with van der Waals surface area (Å²) in [5.74, 6) is -0.0196. The van der Waals surface area contributed by atoms with Crippen molar-refractivity contribution in [3.63, 3.8) is 0 Å². The van der Waals surface area contributed by atoms with Gasteiger partial charge in [0.05, 0.1) is 12.0 Å². The molecule has 1 aliphatic rings. The summed E-state index contributed by atoms with van der Waals surface area (Å²) in [7, 11) is 0. The smallest absolute Gasteiger partial charge is 0.240 e. The zero-order chi connectivity index (χ0) is 12.4. The molecular weight excluding hydrogens is 264 g/mol. The Hall–Kier alpha value is -2.14. The van der Waals surface area contributed by atoms with Gasteiger partial charge in [0.15, 0.2) is 0 Å². The van der Waals surface area contributed by atoms with Crippen molar-refractivity contribution < 1.29 is 4.79 Å². The highest BCUT2D eigenvalue weighted by Gasteiger charge is 2.12. The molecule has 2 aromatic rings. The highest BCUT2D eigenvalue weighted by atomic mass is 35.5. The molecule has 0 unspecified atom stereocenters. The maximum absolute atomic E-state index is 11.0. The van der Waals surface area contributed by atoms with E-state index >= 15 is 0 Å². The Bertz CT molecular complexity index is 590. The number of nitrogens with one attached hydrogen (secondary N) is 1. The Morgan fingerprint density at radius 1 is 1.16 bits per heavy atom. The van der Waals surface area contributed by atoms with Gasteiger partial charge >= 0.3 is 0 Å². The number of hydrogen-bond acceptors (Lipinski definition) is 3. The second-order valence-electron chi connectivity index (χ2n) is 4.11. The number of nitrogens with zero attached hydrogens (tertiary/aromatic N) is 3. The van der Waals surface area contributed by atoms with Gasteiger partial charge in [0.2, 0.25) is 5.91 Å². The monoisotopic (exact) mass is 276 g/mol. The molecule has 2 heterocycles. The number of carbonyl (C=O) groups is 1. The summed E-state index contributed by atoms with van der Waals surface area (Å²) >= 11 is 0. The number of halogens is 1. The molecule has 1 N–H and O–H groups in total. The lowest BCUT2D eigenvalue weighted by molar-refractivity contribution is -0.121. The molecule has 1 aliphatic heterocycles. The molecule has 6 heteroatoms. The molecule has 5 nitrogen and oxygen atoms in total. The third-order valence-corrected chi connectivity index (χ3v) is 2.91. The van der Waals surface area contributed by atoms with Crippen LogP contribution in [0.25, 0.3) is 5.69 Å². The predicted octanol–water partition coefficient (Wildman–Crippen LogP) is 1.91. The van der Waals surface area contributed by atoms with Crippen molar-refractivity contribution in [2.75, 3.05) is 0 Å². The molecule has 0 bridgehead atoms. The Labute approximate surface area is 116 Å². The highest BCUT2D eigenvalue weighted by Crippen LogP contribution is 2.13. The van der Waals surface area contributed by atoms with Crippen LogP contribution in [-0.2, 0) is 4.79 Å². The van der Waals surface area contributed by atoms with Gasteiger partial charge in [-0.15, -0.1) is 12.4 Å². The molecule has 0 fully saturated rings. The fourth-order valence-electron chi connectivity index (χ4n) is 1.92. The lowest BCUT2D eigenvalue weighted by atomic mass is 10.0. The molecule has 19 heavy (non-hydrogen) atoms. The Morgan fingerprint density at radius 3 is 2.53 bits per heavy atom. The van der Waals surface area contributed by atoms with Crippen molar-refractivity contribution in [2.45, 2.75) is 12.8 Å². The van der Waals surface area contributed by atoms with Crippen LogP contribution in [0.15, 0.2) is 48.1 Å². The lowest BCUT2D eigenvalue weighted by Crippen LogP contribution is -2.25. The first-order valence-electron chi connectivity index (χ1n) is 5.77. The summed E-state index contributed by atoms with van der Waals surface area (Å²) in [5.41, 5.74) is 5.52. The van der Waals surface area contributed by atoms with E-state index in [1.165, 1.54) is 0 Å².